The third kappa shape index (κ3) is 4.15. The van der Waals surface area contributed by atoms with Crippen molar-refractivity contribution in [3.8, 4) is 22.9 Å². The summed E-state index contributed by atoms with van der Waals surface area (Å²) in [5.74, 6) is 2.03. The summed E-state index contributed by atoms with van der Waals surface area (Å²) in [6.45, 7) is 5.97. The van der Waals surface area contributed by atoms with Crippen molar-refractivity contribution in [1.82, 2.24) is 24.9 Å². The number of pyridine rings is 1. The van der Waals surface area contributed by atoms with Crippen molar-refractivity contribution in [2.75, 3.05) is 62.4 Å². The summed E-state index contributed by atoms with van der Waals surface area (Å²) >= 11 is 0. The van der Waals surface area contributed by atoms with Crippen LogP contribution in [0.3, 0.4) is 0 Å². The van der Waals surface area contributed by atoms with Gasteiger partial charge in [-0.2, -0.15) is 0 Å². The van der Waals surface area contributed by atoms with E-state index >= 15 is 0 Å². The third-order valence-electron chi connectivity index (χ3n) is 6.11. The second-order valence-electron chi connectivity index (χ2n) is 8.26. The molecule has 0 aliphatic carbocycles. The molecule has 2 saturated heterocycles. The fourth-order valence-electron chi connectivity index (χ4n) is 4.31. The highest BCUT2D eigenvalue weighted by Gasteiger charge is 2.21. The van der Waals surface area contributed by atoms with Crippen LogP contribution < -0.4 is 9.80 Å². The lowest BCUT2D eigenvalue weighted by molar-refractivity contribution is 0.122. The second kappa shape index (κ2) is 9.28. The van der Waals surface area contributed by atoms with Gasteiger partial charge in [0.2, 0.25) is 0 Å². The molecule has 0 unspecified atom stereocenters. The molecule has 2 aliphatic rings. The van der Waals surface area contributed by atoms with Gasteiger partial charge in [-0.05, 0) is 12.1 Å². The fourth-order valence-corrected chi connectivity index (χ4v) is 4.31. The van der Waals surface area contributed by atoms with Gasteiger partial charge in [0, 0.05) is 37.9 Å². The smallest absolute Gasteiger partial charge is 0.181 e. The normalized spacial score (nSPS) is 16.7. The van der Waals surface area contributed by atoms with E-state index in [0.717, 1.165) is 67.5 Å². The molecular weight excluding hydrogens is 430 g/mol. The summed E-state index contributed by atoms with van der Waals surface area (Å²) in [7, 11) is 0. The number of rotatable bonds is 4. The van der Waals surface area contributed by atoms with E-state index in [1.54, 1.807) is 6.20 Å². The zero-order chi connectivity index (χ0) is 22.7. The van der Waals surface area contributed by atoms with E-state index in [9.17, 15) is 0 Å². The summed E-state index contributed by atoms with van der Waals surface area (Å²) < 4.78 is 11.1. The van der Waals surface area contributed by atoms with Crippen LogP contribution in [0, 0.1) is 0 Å². The molecule has 0 saturated carbocycles. The molecule has 9 nitrogen and oxygen atoms in total. The van der Waals surface area contributed by atoms with Crippen LogP contribution in [0.1, 0.15) is 0 Å². The first-order valence-corrected chi connectivity index (χ1v) is 11.6. The Hall–Kier alpha value is -3.69. The van der Waals surface area contributed by atoms with Crippen molar-refractivity contribution in [2.24, 2.45) is 0 Å². The van der Waals surface area contributed by atoms with E-state index in [1.165, 1.54) is 0 Å². The SMILES string of the molecule is c1ccc(-c2nccc(-c3nc(N4CCOCC4)c4ncc(N5CCOCC5)cc4n3)n2)cc1. The van der Waals surface area contributed by atoms with Crippen LogP contribution in [0.25, 0.3) is 33.9 Å². The Bertz CT molecular complexity index is 1290. The first kappa shape index (κ1) is 20.9. The van der Waals surface area contributed by atoms with Crippen LogP contribution in [0.2, 0.25) is 0 Å². The molecule has 1 aromatic carbocycles. The van der Waals surface area contributed by atoms with Crippen LogP contribution in [0.4, 0.5) is 11.5 Å². The molecule has 172 valence electrons. The number of aromatic nitrogens is 5. The van der Waals surface area contributed by atoms with E-state index in [-0.39, 0.29) is 0 Å². The first-order chi connectivity index (χ1) is 16.8. The maximum atomic E-state index is 5.57. The predicted octanol–water partition coefficient (Wildman–Crippen LogP) is 2.82. The number of hydrogen-bond donors (Lipinski definition) is 0. The molecule has 9 heteroatoms. The van der Waals surface area contributed by atoms with Gasteiger partial charge >= 0.3 is 0 Å². The molecular formula is C25H25N7O2. The van der Waals surface area contributed by atoms with Gasteiger partial charge in [-0.15, -0.1) is 0 Å². The molecule has 2 aliphatic heterocycles. The molecule has 0 N–H and O–H groups in total. The van der Waals surface area contributed by atoms with Crippen LogP contribution in [-0.4, -0.2) is 77.5 Å². The molecule has 6 rings (SSSR count). The number of fused-ring (bicyclic) bond motifs is 1. The lowest BCUT2D eigenvalue weighted by Crippen LogP contribution is -2.37. The van der Waals surface area contributed by atoms with Gasteiger partial charge in [0.05, 0.1) is 43.8 Å². The van der Waals surface area contributed by atoms with E-state index in [2.05, 4.69) is 20.9 Å². The number of hydrogen-bond acceptors (Lipinski definition) is 9. The topological polar surface area (TPSA) is 89.4 Å². The molecule has 0 spiro atoms. The van der Waals surface area contributed by atoms with Gasteiger partial charge in [-0.1, -0.05) is 30.3 Å². The van der Waals surface area contributed by atoms with Gasteiger partial charge in [0.15, 0.2) is 17.5 Å². The van der Waals surface area contributed by atoms with E-state index in [1.807, 2.05) is 42.6 Å². The Morgan fingerprint density at radius 1 is 0.706 bits per heavy atom. The lowest BCUT2D eigenvalue weighted by atomic mass is 10.2. The Balaban J connectivity index is 1.47. The van der Waals surface area contributed by atoms with E-state index in [0.29, 0.717) is 30.6 Å². The highest BCUT2D eigenvalue weighted by molar-refractivity contribution is 5.89. The Labute approximate surface area is 197 Å². The highest BCUT2D eigenvalue weighted by atomic mass is 16.5. The minimum atomic E-state index is 0.564. The summed E-state index contributed by atoms with van der Waals surface area (Å²) in [5, 5.41) is 0. The third-order valence-corrected chi connectivity index (χ3v) is 6.11. The fraction of sp³-hybridized carbons (Fsp3) is 0.320. The quantitative estimate of drug-likeness (QED) is 0.461. The maximum Gasteiger partial charge on any atom is 0.181 e. The monoisotopic (exact) mass is 455 g/mol. The number of morpholine rings is 2. The van der Waals surface area contributed by atoms with E-state index in [4.69, 9.17) is 29.4 Å². The molecule has 34 heavy (non-hydrogen) atoms. The van der Waals surface area contributed by atoms with Crippen molar-refractivity contribution in [2.45, 2.75) is 0 Å². The lowest BCUT2D eigenvalue weighted by Gasteiger charge is -2.30. The standard InChI is InChI=1S/C25H25N7O2/c1-2-4-18(5-3-1)23-26-7-6-20(28-23)24-29-21-16-19(31-8-12-33-13-9-31)17-27-22(21)25(30-24)32-10-14-34-15-11-32/h1-7,16-17H,8-15H2. The van der Waals surface area contributed by atoms with Crippen LogP contribution in [-0.2, 0) is 9.47 Å². The van der Waals surface area contributed by atoms with Crippen molar-refractivity contribution in [1.29, 1.82) is 0 Å². The predicted molar refractivity (Wildman–Crippen MR) is 130 cm³/mol. The molecule has 2 fully saturated rings. The van der Waals surface area contributed by atoms with E-state index < -0.39 is 0 Å². The number of nitrogens with zero attached hydrogens (tertiary/aromatic N) is 7. The van der Waals surface area contributed by atoms with Crippen molar-refractivity contribution < 1.29 is 9.47 Å². The van der Waals surface area contributed by atoms with Gasteiger partial charge in [0.25, 0.3) is 0 Å². The molecule has 0 bridgehead atoms. The molecule has 0 amide bonds. The Kier molecular flexibility index (Phi) is 5.70. The molecule has 4 aromatic rings. The first-order valence-electron chi connectivity index (χ1n) is 11.6. The Morgan fingerprint density at radius 2 is 1.44 bits per heavy atom. The maximum absolute atomic E-state index is 5.57. The molecule has 3 aromatic heterocycles. The Morgan fingerprint density at radius 3 is 2.21 bits per heavy atom. The molecule has 0 radical (unpaired) electrons. The molecule has 0 atom stereocenters. The van der Waals surface area contributed by atoms with Gasteiger partial charge in [-0.25, -0.2) is 24.9 Å². The zero-order valence-corrected chi connectivity index (χ0v) is 18.8. The summed E-state index contributed by atoms with van der Waals surface area (Å²) in [6.07, 6.45) is 3.67. The zero-order valence-electron chi connectivity index (χ0n) is 18.8. The van der Waals surface area contributed by atoms with Gasteiger partial charge in [0.1, 0.15) is 11.2 Å². The largest absolute Gasteiger partial charge is 0.378 e. The highest BCUT2D eigenvalue weighted by Crippen LogP contribution is 2.29. The summed E-state index contributed by atoms with van der Waals surface area (Å²) in [6, 6.07) is 13.9. The van der Waals surface area contributed by atoms with Gasteiger partial charge < -0.3 is 19.3 Å². The van der Waals surface area contributed by atoms with Crippen molar-refractivity contribution in [3.05, 3.63) is 54.9 Å². The van der Waals surface area contributed by atoms with Crippen LogP contribution >= 0.6 is 0 Å². The average Bonchev–Trinajstić information content (AvgIpc) is 2.93. The van der Waals surface area contributed by atoms with Gasteiger partial charge in [-0.3, -0.25) is 0 Å². The average molecular weight is 456 g/mol. The summed E-state index contributed by atoms with van der Waals surface area (Å²) in [4.78, 5) is 28.4. The number of benzene rings is 1. The van der Waals surface area contributed by atoms with Crippen LogP contribution in [0.15, 0.2) is 54.9 Å². The minimum Gasteiger partial charge on any atom is -0.378 e. The van der Waals surface area contributed by atoms with Crippen molar-refractivity contribution >= 4 is 22.5 Å². The molecule has 5 heterocycles. The summed E-state index contributed by atoms with van der Waals surface area (Å²) in [5.41, 5.74) is 4.27. The van der Waals surface area contributed by atoms with Crippen LogP contribution in [0.5, 0.6) is 0 Å². The second-order valence-corrected chi connectivity index (χ2v) is 8.26. The minimum absolute atomic E-state index is 0.564. The number of anilines is 2. The van der Waals surface area contributed by atoms with Crippen molar-refractivity contribution in [3.63, 3.8) is 0 Å². The number of ether oxygens (including phenoxy) is 2.